The predicted octanol–water partition coefficient (Wildman–Crippen LogP) is 3.96. The number of rotatable bonds is 7. The molecule has 5 nitrogen and oxygen atoms in total. The van der Waals surface area contributed by atoms with Crippen molar-refractivity contribution in [1.29, 1.82) is 0 Å². The van der Waals surface area contributed by atoms with Crippen LogP contribution in [-0.2, 0) is 16.4 Å². The Kier molecular flexibility index (Phi) is 7.09. The van der Waals surface area contributed by atoms with Gasteiger partial charge in [0.05, 0.1) is 10.9 Å². The van der Waals surface area contributed by atoms with Gasteiger partial charge in [0.15, 0.2) is 9.84 Å². The van der Waals surface area contributed by atoms with Crippen LogP contribution >= 0.6 is 0 Å². The van der Waals surface area contributed by atoms with Crippen molar-refractivity contribution in [3.05, 3.63) is 65.2 Å². The standard InChI is InChI=1S/C23H30N2O3S/c1-3-22(19-11-13-21(14-12-19)29(2,27)28)24-23(26)20-9-7-18(8-10-20)17-25-15-5-4-6-16-25/h7-14,22H,3-6,15-17H2,1-2H3,(H,24,26). The third-order valence-corrected chi connectivity index (χ3v) is 6.62. The maximum Gasteiger partial charge on any atom is 0.251 e. The highest BCUT2D eigenvalue weighted by Gasteiger charge is 2.16. The Labute approximate surface area is 174 Å². The van der Waals surface area contributed by atoms with Crippen molar-refractivity contribution in [1.82, 2.24) is 10.2 Å². The zero-order chi connectivity index (χ0) is 20.9. The molecule has 1 unspecified atom stereocenters. The van der Waals surface area contributed by atoms with Gasteiger partial charge in [-0.2, -0.15) is 0 Å². The van der Waals surface area contributed by atoms with Crippen molar-refractivity contribution in [2.75, 3.05) is 19.3 Å². The average molecular weight is 415 g/mol. The molecular formula is C23H30N2O3S. The van der Waals surface area contributed by atoms with E-state index in [2.05, 4.69) is 10.2 Å². The largest absolute Gasteiger partial charge is 0.345 e. The Morgan fingerprint density at radius 1 is 1.00 bits per heavy atom. The monoisotopic (exact) mass is 414 g/mol. The molecule has 0 aliphatic carbocycles. The molecule has 1 heterocycles. The van der Waals surface area contributed by atoms with Crippen molar-refractivity contribution in [3.63, 3.8) is 0 Å². The summed E-state index contributed by atoms with van der Waals surface area (Å²) in [5.74, 6) is -0.117. The van der Waals surface area contributed by atoms with Crippen molar-refractivity contribution >= 4 is 15.7 Å². The fourth-order valence-electron chi connectivity index (χ4n) is 3.75. The molecule has 156 valence electrons. The molecule has 0 radical (unpaired) electrons. The smallest absolute Gasteiger partial charge is 0.251 e. The van der Waals surface area contributed by atoms with E-state index in [9.17, 15) is 13.2 Å². The number of amides is 1. The lowest BCUT2D eigenvalue weighted by Crippen LogP contribution is -2.29. The summed E-state index contributed by atoms with van der Waals surface area (Å²) in [6, 6.07) is 14.4. The van der Waals surface area contributed by atoms with Gasteiger partial charge in [-0.25, -0.2) is 8.42 Å². The van der Waals surface area contributed by atoms with Crippen molar-refractivity contribution in [2.45, 2.75) is 50.1 Å². The van der Waals surface area contributed by atoms with E-state index in [1.165, 1.54) is 31.1 Å². The summed E-state index contributed by atoms with van der Waals surface area (Å²) >= 11 is 0. The molecule has 0 saturated carbocycles. The van der Waals surface area contributed by atoms with Gasteiger partial charge in [0.2, 0.25) is 0 Å². The number of nitrogens with zero attached hydrogens (tertiary/aromatic N) is 1. The molecule has 1 atom stereocenters. The van der Waals surface area contributed by atoms with Crippen LogP contribution in [0.5, 0.6) is 0 Å². The summed E-state index contributed by atoms with van der Waals surface area (Å²) in [5, 5.41) is 3.06. The topological polar surface area (TPSA) is 66.5 Å². The molecule has 29 heavy (non-hydrogen) atoms. The van der Waals surface area contributed by atoms with Gasteiger partial charge in [-0.15, -0.1) is 0 Å². The second kappa shape index (κ2) is 9.55. The van der Waals surface area contributed by atoms with Crippen molar-refractivity contribution in [3.8, 4) is 0 Å². The fraction of sp³-hybridized carbons (Fsp3) is 0.435. The summed E-state index contributed by atoms with van der Waals surface area (Å²) < 4.78 is 23.3. The second-order valence-electron chi connectivity index (χ2n) is 7.81. The zero-order valence-corrected chi connectivity index (χ0v) is 18.0. The molecule has 1 aliphatic heterocycles. The summed E-state index contributed by atoms with van der Waals surface area (Å²) in [6.07, 6.45) is 5.77. The number of carbonyl (C=O) groups is 1. The van der Waals surface area contributed by atoms with Gasteiger partial charge in [-0.1, -0.05) is 37.6 Å². The molecule has 2 aromatic carbocycles. The minimum atomic E-state index is -3.22. The maximum absolute atomic E-state index is 12.7. The van der Waals surface area contributed by atoms with Crippen LogP contribution in [0.25, 0.3) is 0 Å². The van der Waals surface area contributed by atoms with E-state index in [1.54, 1.807) is 24.3 Å². The number of nitrogens with one attached hydrogen (secondary N) is 1. The molecule has 0 spiro atoms. The lowest BCUT2D eigenvalue weighted by molar-refractivity contribution is 0.0935. The van der Waals surface area contributed by atoms with Gasteiger partial charge in [-0.3, -0.25) is 9.69 Å². The van der Waals surface area contributed by atoms with Crippen LogP contribution in [-0.4, -0.2) is 38.6 Å². The molecule has 6 heteroatoms. The van der Waals surface area contributed by atoms with Gasteiger partial charge < -0.3 is 5.32 Å². The van der Waals surface area contributed by atoms with E-state index < -0.39 is 9.84 Å². The third kappa shape index (κ3) is 5.90. The summed E-state index contributed by atoms with van der Waals surface area (Å²) in [4.78, 5) is 15.4. The first-order chi connectivity index (χ1) is 13.9. The van der Waals surface area contributed by atoms with Crippen molar-refractivity contribution < 1.29 is 13.2 Å². The van der Waals surface area contributed by atoms with Crippen LogP contribution in [0.4, 0.5) is 0 Å². The Balaban J connectivity index is 1.63. The highest BCUT2D eigenvalue weighted by atomic mass is 32.2. The fourth-order valence-corrected chi connectivity index (χ4v) is 4.38. The molecule has 1 N–H and O–H groups in total. The lowest BCUT2D eigenvalue weighted by Gasteiger charge is -2.26. The van der Waals surface area contributed by atoms with Crippen LogP contribution in [0.3, 0.4) is 0 Å². The van der Waals surface area contributed by atoms with E-state index in [1.807, 2.05) is 31.2 Å². The number of sulfone groups is 1. The number of carbonyl (C=O) groups excluding carboxylic acids is 1. The first-order valence-corrected chi connectivity index (χ1v) is 12.2. The SMILES string of the molecule is CCC(NC(=O)c1ccc(CN2CCCCC2)cc1)c1ccc(S(C)(=O)=O)cc1. The van der Waals surface area contributed by atoms with E-state index in [0.717, 1.165) is 31.6 Å². The van der Waals surface area contributed by atoms with Crippen LogP contribution in [0, 0.1) is 0 Å². The molecule has 1 fully saturated rings. The Hall–Kier alpha value is -2.18. The quantitative estimate of drug-likeness (QED) is 0.745. The van der Waals surface area contributed by atoms with E-state index in [0.29, 0.717) is 5.56 Å². The highest BCUT2D eigenvalue weighted by molar-refractivity contribution is 7.90. The van der Waals surface area contributed by atoms with Crippen LogP contribution in [0.2, 0.25) is 0 Å². The predicted molar refractivity (Wildman–Crippen MR) is 116 cm³/mol. The molecule has 0 aromatic heterocycles. The number of likely N-dealkylation sites (tertiary alicyclic amines) is 1. The molecule has 1 aliphatic rings. The van der Waals surface area contributed by atoms with Crippen LogP contribution < -0.4 is 5.32 Å². The second-order valence-corrected chi connectivity index (χ2v) is 9.82. The first kappa shape index (κ1) is 21.5. The minimum Gasteiger partial charge on any atom is -0.345 e. The molecule has 1 amide bonds. The van der Waals surface area contributed by atoms with Gasteiger partial charge in [0.1, 0.15) is 0 Å². The van der Waals surface area contributed by atoms with Gasteiger partial charge in [0.25, 0.3) is 5.91 Å². The zero-order valence-electron chi connectivity index (χ0n) is 17.2. The van der Waals surface area contributed by atoms with E-state index >= 15 is 0 Å². The Bertz CT molecular complexity index is 916. The van der Waals surface area contributed by atoms with Crippen LogP contribution in [0.1, 0.15) is 60.1 Å². The number of piperidine rings is 1. The maximum atomic E-state index is 12.7. The van der Waals surface area contributed by atoms with Crippen molar-refractivity contribution in [2.24, 2.45) is 0 Å². The number of hydrogen-bond donors (Lipinski definition) is 1. The number of benzene rings is 2. The van der Waals surface area contributed by atoms with E-state index in [-0.39, 0.29) is 16.8 Å². The molecule has 0 bridgehead atoms. The van der Waals surface area contributed by atoms with Gasteiger partial charge >= 0.3 is 0 Å². The molecule has 1 saturated heterocycles. The normalized spacial score (nSPS) is 16.3. The first-order valence-electron chi connectivity index (χ1n) is 10.3. The molecular weight excluding hydrogens is 384 g/mol. The molecule has 3 rings (SSSR count). The summed E-state index contributed by atoms with van der Waals surface area (Å²) in [5.41, 5.74) is 2.76. The van der Waals surface area contributed by atoms with E-state index in [4.69, 9.17) is 0 Å². The Morgan fingerprint density at radius 3 is 2.17 bits per heavy atom. The molecule has 2 aromatic rings. The average Bonchev–Trinajstić information content (AvgIpc) is 2.72. The summed E-state index contributed by atoms with van der Waals surface area (Å²) in [7, 11) is -3.22. The van der Waals surface area contributed by atoms with Gasteiger partial charge in [-0.05, 0) is 67.7 Å². The minimum absolute atomic E-state index is 0.117. The Morgan fingerprint density at radius 2 is 1.62 bits per heavy atom. The number of hydrogen-bond acceptors (Lipinski definition) is 4. The highest BCUT2D eigenvalue weighted by Crippen LogP contribution is 2.20. The summed E-state index contributed by atoms with van der Waals surface area (Å²) in [6.45, 7) is 5.24. The van der Waals surface area contributed by atoms with Crippen LogP contribution in [0.15, 0.2) is 53.4 Å². The lowest BCUT2D eigenvalue weighted by atomic mass is 10.0. The third-order valence-electron chi connectivity index (χ3n) is 5.50. The van der Waals surface area contributed by atoms with Gasteiger partial charge in [0, 0.05) is 18.4 Å².